The molecule has 0 aliphatic rings. The van der Waals surface area contributed by atoms with Crippen molar-refractivity contribution in [3.05, 3.63) is 28.2 Å². The highest BCUT2D eigenvalue weighted by atomic mass is 79.9. The largest absolute Gasteiger partial charge is 0.483 e. The lowest BCUT2D eigenvalue weighted by atomic mass is 10.2. The number of aliphatic carboxylic acids is 1. The van der Waals surface area contributed by atoms with Crippen LogP contribution >= 0.6 is 15.9 Å². The van der Waals surface area contributed by atoms with E-state index >= 15 is 0 Å². The maximum absolute atomic E-state index is 11.6. The van der Waals surface area contributed by atoms with Gasteiger partial charge in [-0.1, -0.05) is 13.0 Å². The molecule has 0 bridgehead atoms. The molecule has 1 rings (SSSR count). The number of carbonyl (C=O) groups is 3. The summed E-state index contributed by atoms with van der Waals surface area (Å²) in [6.45, 7) is 1.79. The number of rotatable bonds is 8. The van der Waals surface area contributed by atoms with Crippen LogP contribution in [-0.4, -0.2) is 29.5 Å². The molecule has 0 spiro atoms. The number of nitrogens with one attached hydrogen (secondary N) is 2. The summed E-state index contributed by atoms with van der Waals surface area (Å²) in [6, 6.07) is 5.58. The zero-order chi connectivity index (χ0) is 17.2. The maximum Gasteiger partial charge on any atom is 0.303 e. The second kappa shape index (κ2) is 9.83. The zero-order valence-electron chi connectivity index (χ0n) is 12.7. The monoisotopic (exact) mass is 386 g/mol. The van der Waals surface area contributed by atoms with E-state index in [2.05, 4.69) is 26.8 Å². The molecule has 0 atom stereocenters. The first-order valence-electron chi connectivity index (χ1n) is 7.13. The highest BCUT2D eigenvalue weighted by Crippen LogP contribution is 2.26. The summed E-state index contributed by atoms with van der Waals surface area (Å²) in [6.07, 6.45) is 1.04. The number of carboxylic acid groups (broad SMARTS) is 1. The SMILES string of the molecule is CCc1ccc(OCC(=O)NNC(=O)CCCC(=O)O)c(Br)c1. The van der Waals surface area contributed by atoms with Gasteiger partial charge in [-0.15, -0.1) is 0 Å². The number of ether oxygens (including phenoxy) is 1. The van der Waals surface area contributed by atoms with Gasteiger partial charge in [0.25, 0.3) is 5.91 Å². The summed E-state index contributed by atoms with van der Waals surface area (Å²) in [5, 5.41) is 8.46. The number of hydrogen-bond donors (Lipinski definition) is 3. The molecule has 0 aliphatic carbocycles. The summed E-state index contributed by atoms with van der Waals surface area (Å²) < 4.78 is 6.11. The highest BCUT2D eigenvalue weighted by Gasteiger charge is 2.08. The van der Waals surface area contributed by atoms with Crippen molar-refractivity contribution >= 4 is 33.7 Å². The minimum absolute atomic E-state index is 0.0253. The molecule has 7 nitrogen and oxygen atoms in total. The van der Waals surface area contributed by atoms with Gasteiger partial charge >= 0.3 is 5.97 Å². The van der Waals surface area contributed by atoms with Gasteiger partial charge in [-0.25, -0.2) is 0 Å². The van der Waals surface area contributed by atoms with E-state index in [0.29, 0.717) is 5.75 Å². The molecule has 1 aromatic carbocycles. The zero-order valence-corrected chi connectivity index (χ0v) is 14.3. The number of hydrogen-bond acceptors (Lipinski definition) is 4. The Bertz CT molecular complexity index is 577. The summed E-state index contributed by atoms with van der Waals surface area (Å²) in [7, 11) is 0. The molecule has 1 aromatic rings. The smallest absolute Gasteiger partial charge is 0.303 e. The van der Waals surface area contributed by atoms with Gasteiger partial charge in [0.1, 0.15) is 5.75 Å². The number of halogens is 1. The number of hydrazine groups is 1. The first-order valence-corrected chi connectivity index (χ1v) is 7.92. The summed E-state index contributed by atoms with van der Waals surface area (Å²) in [5.74, 6) is -1.39. The molecular weight excluding hydrogens is 368 g/mol. The van der Waals surface area contributed by atoms with Crippen LogP contribution in [0.5, 0.6) is 5.75 Å². The van der Waals surface area contributed by atoms with Gasteiger partial charge < -0.3 is 9.84 Å². The molecule has 0 aliphatic heterocycles. The van der Waals surface area contributed by atoms with Gasteiger partial charge in [-0.2, -0.15) is 0 Å². The average molecular weight is 387 g/mol. The summed E-state index contributed by atoms with van der Waals surface area (Å²) >= 11 is 3.37. The molecule has 0 radical (unpaired) electrons. The van der Waals surface area contributed by atoms with Gasteiger partial charge in [-0.05, 0) is 46.5 Å². The van der Waals surface area contributed by atoms with Crippen LogP contribution in [0.2, 0.25) is 0 Å². The summed E-state index contributed by atoms with van der Waals surface area (Å²) in [4.78, 5) is 33.3. The van der Waals surface area contributed by atoms with Gasteiger partial charge in [0.2, 0.25) is 5.91 Å². The van der Waals surface area contributed by atoms with Crippen molar-refractivity contribution in [3.8, 4) is 5.75 Å². The standard InChI is InChI=1S/C15H19BrN2O5/c1-2-10-6-7-12(11(16)8-10)23-9-14(20)18-17-13(19)4-3-5-15(21)22/h6-8H,2-5,9H2,1H3,(H,17,19)(H,18,20)(H,21,22). The van der Waals surface area contributed by atoms with Crippen molar-refractivity contribution in [3.63, 3.8) is 0 Å². The lowest BCUT2D eigenvalue weighted by Gasteiger charge is -2.10. The number of aryl methyl sites for hydroxylation is 1. The highest BCUT2D eigenvalue weighted by molar-refractivity contribution is 9.10. The van der Waals surface area contributed by atoms with Crippen LogP contribution < -0.4 is 15.6 Å². The van der Waals surface area contributed by atoms with Crippen LogP contribution in [0, 0.1) is 0 Å². The van der Waals surface area contributed by atoms with Crippen molar-refractivity contribution in [1.82, 2.24) is 10.9 Å². The number of amides is 2. The van der Waals surface area contributed by atoms with Crippen molar-refractivity contribution < 1.29 is 24.2 Å². The molecule has 0 saturated carbocycles. The van der Waals surface area contributed by atoms with Crippen molar-refractivity contribution in [2.45, 2.75) is 32.6 Å². The third-order valence-corrected chi connectivity index (χ3v) is 3.52. The summed E-state index contributed by atoms with van der Waals surface area (Å²) in [5.41, 5.74) is 5.55. The number of carboxylic acids is 1. The van der Waals surface area contributed by atoms with Crippen LogP contribution in [0.1, 0.15) is 31.7 Å². The third kappa shape index (κ3) is 7.64. The maximum atomic E-state index is 11.6. The Morgan fingerprint density at radius 2 is 1.87 bits per heavy atom. The lowest BCUT2D eigenvalue weighted by molar-refractivity contribution is -0.137. The molecule has 8 heteroatoms. The normalized spacial score (nSPS) is 10.0. The third-order valence-electron chi connectivity index (χ3n) is 2.90. The van der Waals surface area contributed by atoms with Crippen LogP contribution in [0.25, 0.3) is 0 Å². The van der Waals surface area contributed by atoms with E-state index in [1.807, 2.05) is 19.1 Å². The van der Waals surface area contributed by atoms with Crippen molar-refractivity contribution in [1.29, 1.82) is 0 Å². The van der Waals surface area contributed by atoms with Crippen LogP contribution in [0.3, 0.4) is 0 Å². The molecule has 2 amide bonds. The lowest BCUT2D eigenvalue weighted by Crippen LogP contribution is -2.43. The van der Waals surface area contributed by atoms with E-state index in [0.717, 1.165) is 16.5 Å². The minimum atomic E-state index is -0.963. The number of benzene rings is 1. The van der Waals surface area contributed by atoms with E-state index in [1.54, 1.807) is 6.07 Å². The van der Waals surface area contributed by atoms with E-state index in [1.165, 1.54) is 0 Å². The Hall–Kier alpha value is -2.09. The molecule has 0 unspecified atom stereocenters. The first-order chi connectivity index (χ1) is 10.9. The Morgan fingerprint density at radius 1 is 1.17 bits per heavy atom. The predicted molar refractivity (Wildman–Crippen MR) is 86.8 cm³/mol. The number of carbonyl (C=O) groups excluding carboxylic acids is 2. The Balaban J connectivity index is 2.29. The fourth-order valence-corrected chi connectivity index (χ4v) is 2.20. The Labute approximate surface area is 142 Å². The molecule has 126 valence electrons. The Kier molecular flexibility index (Phi) is 8.10. The molecule has 0 aromatic heterocycles. The second-order valence-electron chi connectivity index (χ2n) is 4.75. The topological polar surface area (TPSA) is 105 Å². The van der Waals surface area contributed by atoms with Gasteiger partial charge in [0.05, 0.1) is 4.47 Å². The molecule has 23 heavy (non-hydrogen) atoms. The molecule has 0 fully saturated rings. The molecule has 0 saturated heterocycles. The van der Waals surface area contributed by atoms with Gasteiger partial charge in [0.15, 0.2) is 6.61 Å². The van der Waals surface area contributed by atoms with Crippen LogP contribution in [-0.2, 0) is 20.8 Å². The Morgan fingerprint density at radius 3 is 2.48 bits per heavy atom. The van der Waals surface area contributed by atoms with Gasteiger partial charge in [-0.3, -0.25) is 25.2 Å². The fraction of sp³-hybridized carbons (Fsp3) is 0.400. The van der Waals surface area contributed by atoms with Crippen LogP contribution in [0.15, 0.2) is 22.7 Å². The van der Waals surface area contributed by atoms with Gasteiger partial charge in [0, 0.05) is 12.8 Å². The van der Waals surface area contributed by atoms with E-state index in [9.17, 15) is 14.4 Å². The molecule has 3 N–H and O–H groups in total. The molecule has 0 heterocycles. The quantitative estimate of drug-likeness (QED) is 0.590. The second-order valence-corrected chi connectivity index (χ2v) is 5.60. The predicted octanol–water partition coefficient (Wildman–Crippen LogP) is 1.79. The first kappa shape index (κ1) is 19.0. The van der Waals surface area contributed by atoms with Crippen LogP contribution in [0.4, 0.5) is 0 Å². The average Bonchev–Trinajstić information content (AvgIpc) is 2.51. The van der Waals surface area contributed by atoms with E-state index < -0.39 is 17.8 Å². The molecular formula is C15H19BrN2O5. The van der Waals surface area contributed by atoms with E-state index in [-0.39, 0.29) is 25.9 Å². The minimum Gasteiger partial charge on any atom is -0.483 e. The fourth-order valence-electron chi connectivity index (χ4n) is 1.66. The van der Waals surface area contributed by atoms with Crippen molar-refractivity contribution in [2.75, 3.05) is 6.61 Å². The van der Waals surface area contributed by atoms with E-state index in [4.69, 9.17) is 9.84 Å². The van der Waals surface area contributed by atoms with Crippen molar-refractivity contribution in [2.24, 2.45) is 0 Å².